The molecule has 0 aliphatic rings. The Labute approximate surface area is 160 Å². The molecular formula is C23H28N2O2. The van der Waals surface area contributed by atoms with Crippen molar-refractivity contribution in [1.82, 2.24) is 9.13 Å². The van der Waals surface area contributed by atoms with Gasteiger partial charge in [-0.3, -0.25) is 9.13 Å². The third-order valence-corrected chi connectivity index (χ3v) is 5.05. The van der Waals surface area contributed by atoms with Crippen molar-refractivity contribution in [3.05, 3.63) is 70.2 Å². The molecule has 0 saturated carbocycles. The Morgan fingerprint density at radius 2 is 1.70 bits per heavy atom. The Balaban J connectivity index is 1.78. The van der Waals surface area contributed by atoms with Gasteiger partial charge in [-0.1, -0.05) is 25.6 Å². The van der Waals surface area contributed by atoms with Gasteiger partial charge in [0, 0.05) is 12.2 Å². The van der Waals surface area contributed by atoms with Crippen molar-refractivity contribution in [2.24, 2.45) is 0 Å². The van der Waals surface area contributed by atoms with Crippen molar-refractivity contribution in [3.8, 4) is 5.75 Å². The van der Waals surface area contributed by atoms with E-state index in [1.54, 1.807) is 4.57 Å². The van der Waals surface area contributed by atoms with Crippen LogP contribution in [0.2, 0.25) is 0 Å². The quantitative estimate of drug-likeness (QED) is 0.557. The lowest BCUT2D eigenvalue weighted by Gasteiger charge is -2.08. The Morgan fingerprint density at radius 1 is 1.07 bits per heavy atom. The van der Waals surface area contributed by atoms with E-state index in [1.807, 2.05) is 23.6 Å². The van der Waals surface area contributed by atoms with Crippen LogP contribution in [0, 0.1) is 13.8 Å². The molecule has 0 spiro atoms. The van der Waals surface area contributed by atoms with Crippen LogP contribution in [0.3, 0.4) is 0 Å². The van der Waals surface area contributed by atoms with E-state index < -0.39 is 0 Å². The maximum Gasteiger partial charge on any atom is 0.333 e. The Kier molecular flexibility index (Phi) is 5.54. The molecule has 0 amide bonds. The maximum atomic E-state index is 12.9. The zero-order valence-electron chi connectivity index (χ0n) is 16.7. The minimum atomic E-state index is -0.0326. The summed E-state index contributed by atoms with van der Waals surface area (Å²) in [6.45, 7) is 13.3. The van der Waals surface area contributed by atoms with Crippen LogP contribution >= 0.6 is 0 Å². The summed E-state index contributed by atoms with van der Waals surface area (Å²) in [4.78, 5) is 12.9. The van der Waals surface area contributed by atoms with Crippen molar-refractivity contribution >= 4 is 16.7 Å². The summed E-state index contributed by atoms with van der Waals surface area (Å²) in [5, 5.41) is 0. The molecule has 0 radical (unpaired) electrons. The van der Waals surface area contributed by atoms with E-state index in [0.29, 0.717) is 13.2 Å². The summed E-state index contributed by atoms with van der Waals surface area (Å²) < 4.78 is 9.37. The zero-order chi connectivity index (χ0) is 19.6. The lowest BCUT2D eigenvalue weighted by atomic mass is 10.1. The molecule has 3 aromatic rings. The number of aryl methyl sites for hydroxylation is 4. The molecule has 2 aromatic carbocycles. The Hall–Kier alpha value is -2.75. The number of benzene rings is 2. The largest absolute Gasteiger partial charge is 0.494 e. The molecule has 0 atom stereocenters. The lowest BCUT2D eigenvalue weighted by molar-refractivity contribution is 0.301. The minimum absolute atomic E-state index is 0.0326. The number of allylic oxidation sites excluding steroid dienone is 1. The molecule has 4 nitrogen and oxygen atoms in total. The topological polar surface area (TPSA) is 36.2 Å². The second kappa shape index (κ2) is 7.87. The van der Waals surface area contributed by atoms with Crippen LogP contribution in [-0.2, 0) is 13.0 Å². The van der Waals surface area contributed by atoms with E-state index in [2.05, 4.69) is 51.6 Å². The van der Waals surface area contributed by atoms with E-state index in [9.17, 15) is 4.79 Å². The van der Waals surface area contributed by atoms with Gasteiger partial charge >= 0.3 is 5.69 Å². The van der Waals surface area contributed by atoms with Gasteiger partial charge < -0.3 is 4.74 Å². The van der Waals surface area contributed by atoms with Crippen LogP contribution in [0.4, 0.5) is 0 Å². The van der Waals surface area contributed by atoms with Crippen molar-refractivity contribution < 1.29 is 4.74 Å². The molecular weight excluding hydrogens is 336 g/mol. The average Bonchev–Trinajstić information content (AvgIpc) is 2.90. The number of nitrogens with zero attached hydrogens (tertiary/aromatic N) is 2. The molecule has 0 saturated heterocycles. The highest BCUT2D eigenvalue weighted by Crippen LogP contribution is 2.21. The standard InChI is InChI=1S/C23H28N2O2/c1-6-19-8-10-20(11-9-19)27-13-7-12-24-21-14-17(4)18(5)15-22(21)25(16(2)3)23(24)26/h8-11,14-15H,2,6-7,12-13H2,1,3-5H3. The molecule has 0 aliphatic carbocycles. The molecule has 0 fully saturated rings. The summed E-state index contributed by atoms with van der Waals surface area (Å²) in [6.07, 6.45) is 1.78. The van der Waals surface area contributed by atoms with Crippen molar-refractivity contribution in [2.75, 3.05) is 6.61 Å². The van der Waals surface area contributed by atoms with Gasteiger partial charge in [0.05, 0.1) is 17.6 Å². The summed E-state index contributed by atoms with van der Waals surface area (Å²) in [7, 11) is 0. The number of fused-ring (bicyclic) bond motifs is 1. The first-order valence-electron chi connectivity index (χ1n) is 9.52. The number of hydrogen-bond acceptors (Lipinski definition) is 2. The van der Waals surface area contributed by atoms with Crippen LogP contribution < -0.4 is 10.4 Å². The summed E-state index contributed by atoms with van der Waals surface area (Å²) in [5.41, 5.74) is 6.24. The molecule has 142 valence electrons. The molecule has 4 heteroatoms. The molecule has 1 heterocycles. The lowest BCUT2D eigenvalue weighted by Crippen LogP contribution is -2.23. The second-order valence-corrected chi connectivity index (χ2v) is 7.13. The van der Waals surface area contributed by atoms with Crippen LogP contribution in [0.25, 0.3) is 16.7 Å². The van der Waals surface area contributed by atoms with Gasteiger partial charge in [0.1, 0.15) is 5.75 Å². The Morgan fingerprint density at radius 3 is 2.30 bits per heavy atom. The van der Waals surface area contributed by atoms with E-state index in [1.165, 1.54) is 16.7 Å². The predicted molar refractivity (Wildman–Crippen MR) is 113 cm³/mol. The molecule has 0 unspecified atom stereocenters. The van der Waals surface area contributed by atoms with Crippen molar-refractivity contribution in [1.29, 1.82) is 0 Å². The van der Waals surface area contributed by atoms with Crippen LogP contribution in [-0.4, -0.2) is 15.7 Å². The third-order valence-electron chi connectivity index (χ3n) is 5.05. The first kappa shape index (κ1) is 19.0. The van der Waals surface area contributed by atoms with Crippen LogP contribution in [0.15, 0.2) is 47.8 Å². The Bertz CT molecular complexity index is 1020. The molecule has 0 bridgehead atoms. The monoisotopic (exact) mass is 364 g/mol. The van der Waals surface area contributed by atoms with Crippen LogP contribution in [0.5, 0.6) is 5.75 Å². The van der Waals surface area contributed by atoms with Crippen molar-refractivity contribution in [3.63, 3.8) is 0 Å². The smallest absolute Gasteiger partial charge is 0.333 e. The summed E-state index contributed by atoms with van der Waals surface area (Å²) >= 11 is 0. The first-order chi connectivity index (χ1) is 12.9. The number of imidazole rings is 1. The predicted octanol–water partition coefficient (Wildman–Crippen LogP) is 4.94. The molecule has 27 heavy (non-hydrogen) atoms. The third kappa shape index (κ3) is 3.85. The number of aromatic nitrogens is 2. The average molecular weight is 364 g/mol. The normalized spacial score (nSPS) is 11.1. The fourth-order valence-electron chi connectivity index (χ4n) is 3.33. The van der Waals surface area contributed by atoms with E-state index >= 15 is 0 Å². The van der Waals surface area contributed by atoms with Gasteiger partial charge in [-0.05, 0) is 74.6 Å². The van der Waals surface area contributed by atoms with Gasteiger partial charge in [-0.25, -0.2) is 4.79 Å². The van der Waals surface area contributed by atoms with Gasteiger partial charge in [-0.15, -0.1) is 0 Å². The van der Waals surface area contributed by atoms with Gasteiger partial charge in [0.15, 0.2) is 0 Å². The number of hydrogen-bond donors (Lipinski definition) is 0. The minimum Gasteiger partial charge on any atom is -0.494 e. The summed E-state index contributed by atoms with van der Waals surface area (Å²) in [6, 6.07) is 12.4. The van der Waals surface area contributed by atoms with E-state index in [4.69, 9.17) is 4.74 Å². The fraction of sp³-hybridized carbons (Fsp3) is 0.348. The molecule has 0 N–H and O–H groups in total. The number of rotatable bonds is 7. The summed E-state index contributed by atoms with van der Waals surface area (Å²) in [5.74, 6) is 0.871. The van der Waals surface area contributed by atoms with E-state index in [-0.39, 0.29) is 5.69 Å². The van der Waals surface area contributed by atoms with Crippen molar-refractivity contribution in [2.45, 2.75) is 47.1 Å². The SMILES string of the molecule is C=C(C)n1c(=O)n(CCCOc2ccc(CC)cc2)c2cc(C)c(C)cc21. The first-order valence-corrected chi connectivity index (χ1v) is 9.52. The second-order valence-electron chi connectivity index (χ2n) is 7.13. The van der Waals surface area contributed by atoms with Gasteiger partial charge in [-0.2, -0.15) is 0 Å². The van der Waals surface area contributed by atoms with Gasteiger partial charge in [0.2, 0.25) is 0 Å². The molecule has 3 rings (SSSR count). The fourth-order valence-corrected chi connectivity index (χ4v) is 3.33. The number of ether oxygens (including phenoxy) is 1. The van der Waals surface area contributed by atoms with Crippen LogP contribution in [0.1, 0.15) is 37.0 Å². The highest BCUT2D eigenvalue weighted by atomic mass is 16.5. The molecule has 0 aliphatic heterocycles. The maximum absolute atomic E-state index is 12.9. The zero-order valence-corrected chi connectivity index (χ0v) is 16.7. The van der Waals surface area contributed by atoms with Gasteiger partial charge in [0.25, 0.3) is 0 Å². The highest BCUT2D eigenvalue weighted by molar-refractivity contribution is 5.81. The molecule has 1 aromatic heterocycles. The highest BCUT2D eigenvalue weighted by Gasteiger charge is 2.14. The van der Waals surface area contributed by atoms with E-state index in [0.717, 1.165) is 35.3 Å².